The van der Waals surface area contributed by atoms with Crippen molar-refractivity contribution in [1.82, 2.24) is 9.55 Å². The van der Waals surface area contributed by atoms with Gasteiger partial charge in [-0.15, -0.1) is 4.40 Å². The highest BCUT2D eigenvalue weighted by molar-refractivity contribution is 8.23. The van der Waals surface area contributed by atoms with Crippen LogP contribution >= 0.6 is 10.8 Å². The van der Waals surface area contributed by atoms with Crippen LogP contribution in [0.3, 0.4) is 0 Å². The molecule has 0 saturated heterocycles. The lowest BCUT2D eigenvalue weighted by Crippen LogP contribution is -2.32. The molecule has 0 unspecified atom stereocenters. The zero-order valence-electron chi connectivity index (χ0n) is 16.4. The van der Waals surface area contributed by atoms with Gasteiger partial charge in [0.2, 0.25) is 0 Å². The fourth-order valence-corrected chi connectivity index (χ4v) is 4.85. The number of aromatic hydroxyl groups is 1. The third kappa shape index (κ3) is 3.30. The molecule has 10 heteroatoms. The van der Waals surface area contributed by atoms with E-state index in [9.17, 15) is 23.4 Å². The second-order valence-electron chi connectivity index (χ2n) is 7.20. The Morgan fingerprint density at radius 3 is 2.69 bits per heavy atom. The minimum atomic E-state index is -3.60. The van der Waals surface area contributed by atoms with E-state index in [4.69, 9.17) is 0 Å². The summed E-state index contributed by atoms with van der Waals surface area (Å²) < 4.78 is 40.1. The average molecular weight is 452 g/mol. The summed E-state index contributed by atoms with van der Waals surface area (Å²) in [6, 6.07) is 15.4. The van der Waals surface area contributed by atoms with Crippen LogP contribution in [0.4, 0.5) is 10.1 Å². The van der Waals surface area contributed by atoms with E-state index in [1.54, 1.807) is 36.4 Å². The van der Waals surface area contributed by atoms with Gasteiger partial charge in [0.05, 0.1) is 17.6 Å². The van der Waals surface area contributed by atoms with Crippen molar-refractivity contribution < 1.29 is 18.6 Å². The number of rotatable bonds is 3. The second kappa shape index (κ2) is 7.45. The van der Waals surface area contributed by atoms with Crippen molar-refractivity contribution in [3.8, 4) is 5.75 Å². The number of fused-ring (bicyclic) bond motifs is 2. The number of aromatic nitrogens is 2. The van der Waals surface area contributed by atoms with Crippen LogP contribution in [-0.4, -0.2) is 29.6 Å². The summed E-state index contributed by atoms with van der Waals surface area (Å²) in [5, 5.41) is 14.1. The maximum Gasteiger partial charge on any atom is 0.267 e. The molecule has 1 aliphatic heterocycles. The molecule has 2 aromatic carbocycles. The maximum absolute atomic E-state index is 13.7. The molecule has 2 aromatic heterocycles. The third-order valence-corrected chi connectivity index (χ3v) is 6.50. The molecule has 0 radical (unpaired) electrons. The van der Waals surface area contributed by atoms with Crippen molar-refractivity contribution in [3.05, 3.63) is 94.2 Å². The van der Waals surface area contributed by atoms with Gasteiger partial charge in [-0.05, 0) is 42.0 Å². The van der Waals surface area contributed by atoms with Crippen LogP contribution in [0.25, 0.3) is 11.0 Å². The molecular weight excluding hydrogens is 435 g/mol. The predicted molar refractivity (Wildman–Crippen MR) is 121 cm³/mol. The summed E-state index contributed by atoms with van der Waals surface area (Å²) in [6.07, 6.45) is 1.48. The van der Waals surface area contributed by atoms with Gasteiger partial charge < -0.3 is 10.4 Å². The van der Waals surface area contributed by atoms with Crippen LogP contribution in [-0.2, 0) is 6.54 Å². The Kier molecular flexibility index (Phi) is 4.70. The molecule has 5 rings (SSSR count). The molecule has 32 heavy (non-hydrogen) atoms. The molecule has 0 spiro atoms. The number of hydrogen-bond acceptors (Lipinski definition) is 7. The summed E-state index contributed by atoms with van der Waals surface area (Å²) in [7, 11) is -3.60. The molecule has 0 aliphatic carbocycles. The highest BCUT2D eigenvalue weighted by Crippen LogP contribution is 2.55. The van der Waals surface area contributed by atoms with Crippen LogP contribution in [0.1, 0.15) is 11.1 Å². The van der Waals surface area contributed by atoms with Gasteiger partial charge >= 0.3 is 0 Å². The van der Waals surface area contributed by atoms with E-state index in [1.165, 1.54) is 35.0 Å². The van der Waals surface area contributed by atoms with Crippen LogP contribution in [0, 0.1) is 5.82 Å². The van der Waals surface area contributed by atoms with E-state index < -0.39 is 27.9 Å². The monoisotopic (exact) mass is 452 g/mol. The zero-order valence-corrected chi connectivity index (χ0v) is 17.3. The Balaban J connectivity index is 1.75. The number of amidine groups is 1. The fraction of sp³-hybridized carbons (Fsp3) is 0.0455. The van der Waals surface area contributed by atoms with Crippen molar-refractivity contribution in [2.75, 3.05) is 5.32 Å². The molecule has 0 fully saturated rings. The molecular formula is C22H17FN4O4S. The molecule has 1 aliphatic rings. The molecule has 4 N–H and O–H groups in total. The molecule has 0 atom stereocenters. The third-order valence-electron chi connectivity index (χ3n) is 5.11. The molecule has 8 nitrogen and oxygen atoms in total. The van der Waals surface area contributed by atoms with E-state index in [-0.39, 0.29) is 33.9 Å². The van der Waals surface area contributed by atoms with Crippen LogP contribution in [0.2, 0.25) is 0 Å². The molecule has 3 heterocycles. The Bertz CT molecular complexity index is 1470. The van der Waals surface area contributed by atoms with Crippen molar-refractivity contribution in [2.24, 2.45) is 4.40 Å². The lowest BCUT2D eigenvalue weighted by atomic mass is 10.1. The van der Waals surface area contributed by atoms with Crippen molar-refractivity contribution in [1.29, 1.82) is 0 Å². The fourth-order valence-electron chi connectivity index (χ4n) is 3.69. The second-order valence-corrected chi connectivity index (χ2v) is 8.86. The first-order valence-electron chi connectivity index (χ1n) is 9.55. The van der Waals surface area contributed by atoms with Crippen molar-refractivity contribution in [3.63, 3.8) is 0 Å². The Hall–Kier alpha value is -3.73. The average Bonchev–Trinajstić information content (AvgIpc) is 2.76. The van der Waals surface area contributed by atoms with Gasteiger partial charge in [0.1, 0.15) is 27.7 Å². The number of benzene rings is 2. The van der Waals surface area contributed by atoms with Gasteiger partial charge in [-0.3, -0.25) is 18.5 Å². The largest absolute Gasteiger partial charge is 0.506 e. The lowest BCUT2D eigenvalue weighted by molar-refractivity contribution is 0.477. The summed E-state index contributed by atoms with van der Waals surface area (Å²) in [6.45, 7) is -0.0164. The topological polar surface area (TPSA) is 120 Å². The first kappa shape index (κ1) is 20.2. The zero-order chi connectivity index (χ0) is 22.5. The summed E-state index contributed by atoms with van der Waals surface area (Å²) >= 11 is 0. The summed E-state index contributed by atoms with van der Waals surface area (Å²) in [5.74, 6) is -1.02. The van der Waals surface area contributed by atoms with E-state index in [0.29, 0.717) is 11.3 Å². The number of halogens is 1. The van der Waals surface area contributed by atoms with Crippen molar-refractivity contribution in [2.45, 2.75) is 11.4 Å². The summed E-state index contributed by atoms with van der Waals surface area (Å²) in [5.41, 5.74) is 0.171. The minimum Gasteiger partial charge on any atom is -0.506 e. The van der Waals surface area contributed by atoms with Crippen LogP contribution in [0.15, 0.2) is 80.9 Å². The van der Waals surface area contributed by atoms with E-state index >= 15 is 0 Å². The number of hydrogen-bond donors (Lipinski definition) is 4. The SMILES string of the molecule is O=c1c(C2=NS(O)(O)c3ccccc3N2)c(O)c2cccnc2n1Cc1cccc(F)c1. The van der Waals surface area contributed by atoms with Gasteiger partial charge in [-0.2, -0.15) is 0 Å². The van der Waals surface area contributed by atoms with Crippen LogP contribution in [0.5, 0.6) is 5.75 Å². The Morgan fingerprint density at radius 1 is 1.06 bits per heavy atom. The summed E-state index contributed by atoms with van der Waals surface area (Å²) in [4.78, 5) is 17.9. The number of nitrogens with zero attached hydrogens (tertiary/aromatic N) is 3. The van der Waals surface area contributed by atoms with Crippen molar-refractivity contribution >= 4 is 33.3 Å². The smallest absolute Gasteiger partial charge is 0.267 e. The molecule has 4 aromatic rings. The number of pyridine rings is 2. The molecule has 0 amide bonds. The highest BCUT2D eigenvalue weighted by atomic mass is 32.3. The normalized spacial score (nSPS) is 15.5. The number of anilines is 1. The first-order chi connectivity index (χ1) is 15.3. The lowest BCUT2D eigenvalue weighted by Gasteiger charge is -2.34. The standard InChI is InChI=1S/C22H17FN4O4S/c23-14-6-3-5-13(11-14)12-27-21-15(7-4-10-24-21)19(28)18(22(27)29)20-25-16-8-1-2-9-17(16)32(30,31)26-20/h1-11,28,30-31H,12H2,(H,25,26). The van der Waals surface area contributed by atoms with Gasteiger partial charge in [0, 0.05) is 6.20 Å². The quantitative estimate of drug-likeness (QED) is 0.370. The minimum absolute atomic E-state index is 0.0164. The molecule has 0 bridgehead atoms. The van der Waals surface area contributed by atoms with E-state index in [1.807, 2.05) is 0 Å². The van der Waals surface area contributed by atoms with Gasteiger partial charge in [-0.25, -0.2) is 9.37 Å². The number of nitrogens with one attached hydrogen (secondary N) is 1. The first-order valence-corrected chi connectivity index (χ1v) is 11.0. The maximum atomic E-state index is 13.7. The van der Waals surface area contributed by atoms with Gasteiger partial charge in [-0.1, -0.05) is 35.0 Å². The van der Waals surface area contributed by atoms with Gasteiger partial charge in [0.15, 0.2) is 5.84 Å². The van der Waals surface area contributed by atoms with Gasteiger partial charge in [0.25, 0.3) is 5.56 Å². The number of para-hydroxylation sites is 1. The molecule has 0 saturated carbocycles. The predicted octanol–water partition coefficient (Wildman–Crippen LogP) is 4.19. The van der Waals surface area contributed by atoms with E-state index in [0.717, 1.165) is 0 Å². The molecule has 162 valence electrons. The van der Waals surface area contributed by atoms with Crippen LogP contribution < -0.4 is 10.9 Å². The highest BCUT2D eigenvalue weighted by Gasteiger charge is 2.30. The Morgan fingerprint density at radius 2 is 1.88 bits per heavy atom. The Labute approximate surface area is 182 Å². The van der Waals surface area contributed by atoms with E-state index in [2.05, 4.69) is 14.7 Å².